The second kappa shape index (κ2) is 3.41. The number of carbonyl (C=O) groups excluding carboxylic acids is 1. The van der Waals surface area contributed by atoms with Crippen molar-refractivity contribution >= 4 is 6.29 Å². The van der Waals surface area contributed by atoms with Crippen molar-refractivity contribution in [2.24, 2.45) is 10.8 Å². The van der Waals surface area contributed by atoms with Gasteiger partial charge < -0.3 is 9.90 Å². The zero-order chi connectivity index (χ0) is 10.1. The van der Waals surface area contributed by atoms with Crippen molar-refractivity contribution < 1.29 is 9.90 Å². The number of hydrogen-bond acceptors (Lipinski definition) is 2. The van der Waals surface area contributed by atoms with Crippen molar-refractivity contribution in [3.63, 3.8) is 0 Å². The van der Waals surface area contributed by atoms with Crippen LogP contribution in [0.5, 0.6) is 0 Å². The van der Waals surface area contributed by atoms with Gasteiger partial charge in [-0.05, 0) is 24.7 Å². The van der Waals surface area contributed by atoms with Gasteiger partial charge in [-0.25, -0.2) is 0 Å². The Hall–Kier alpha value is -0.370. The molecule has 0 heterocycles. The van der Waals surface area contributed by atoms with Gasteiger partial charge in [0.25, 0.3) is 0 Å². The molecule has 0 aromatic carbocycles. The molecule has 0 aromatic rings. The summed E-state index contributed by atoms with van der Waals surface area (Å²) in [6.45, 7) is 6.03. The smallest absolute Gasteiger partial charge is 0.126 e. The molecular formula is C11H20O2. The standard InChI is InChI=1S/C11H20O2/c1-10(2,3)9(13)7-11(8-12)5-4-6-11/h8-9,13H,4-7H2,1-3H3. The second-order valence-corrected chi connectivity index (χ2v) is 5.42. The normalized spacial score (nSPS) is 23.4. The van der Waals surface area contributed by atoms with E-state index in [2.05, 4.69) is 0 Å². The van der Waals surface area contributed by atoms with Gasteiger partial charge in [-0.15, -0.1) is 0 Å². The fourth-order valence-electron chi connectivity index (χ4n) is 1.69. The third-order valence-corrected chi connectivity index (χ3v) is 3.20. The van der Waals surface area contributed by atoms with E-state index in [0.717, 1.165) is 25.5 Å². The summed E-state index contributed by atoms with van der Waals surface area (Å²) < 4.78 is 0. The molecule has 76 valence electrons. The summed E-state index contributed by atoms with van der Waals surface area (Å²) in [6, 6.07) is 0. The fraction of sp³-hybridized carbons (Fsp3) is 0.909. The minimum Gasteiger partial charge on any atom is -0.393 e. The van der Waals surface area contributed by atoms with Crippen molar-refractivity contribution in [3.8, 4) is 0 Å². The van der Waals surface area contributed by atoms with Crippen molar-refractivity contribution in [2.45, 2.75) is 52.6 Å². The maximum Gasteiger partial charge on any atom is 0.126 e. The van der Waals surface area contributed by atoms with Gasteiger partial charge in [0.2, 0.25) is 0 Å². The number of aliphatic hydroxyl groups is 1. The van der Waals surface area contributed by atoms with Crippen LogP contribution < -0.4 is 0 Å². The van der Waals surface area contributed by atoms with Crippen molar-refractivity contribution in [1.29, 1.82) is 0 Å². The molecule has 1 unspecified atom stereocenters. The molecule has 1 saturated carbocycles. The van der Waals surface area contributed by atoms with Crippen LogP contribution in [0, 0.1) is 10.8 Å². The first-order valence-corrected chi connectivity index (χ1v) is 5.04. The highest BCUT2D eigenvalue weighted by Gasteiger charge is 2.40. The average Bonchev–Trinajstić information content (AvgIpc) is 1.94. The van der Waals surface area contributed by atoms with E-state index < -0.39 is 0 Å². The van der Waals surface area contributed by atoms with Crippen LogP contribution in [-0.4, -0.2) is 17.5 Å². The lowest BCUT2D eigenvalue weighted by atomic mass is 9.64. The molecule has 0 amide bonds. The predicted molar refractivity (Wildman–Crippen MR) is 52.4 cm³/mol. The maximum atomic E-state index is 10.9. The fourth-order valence-corrected chi connectivity index (χ4v) is 1.69. The number of rotatable bonds is 3. The van der Waals surface area contributed by atoms with E-state index in [9.17, 15) is 9.90 Å². The average molecular weight is 184 g/mol. The Morgan fingerprint density at radius 3 is 2.23 bits per heavy atom. The molecule has 13 heavy (non-hydrogen) atoms. The van der Waals surface area contributed by atoms with Gasteiger partial charge >= 0.3 is 0 Å². The molecular weight excluding hydrogens is 164 g/mol. The number of aldehydes is 1. The van der Waals surface area contributed by atoms with E-state index in [1.54, 1.807) is 0 Å². The van der Waals surface area contributed by atoms with E-state index in [0.29, 0.717) is 6.42 Å². The summed E-state index contributed by atoms with van der Waals surface area (Å²) in [5.41, 5.74) is -0.293. The van der Waals surface area contributed by atoms with Crippen LogP contribution >= 0.6 is 0 Å². The third-order valence-electron chi connectivity index (χ3n) is 3.20. The molecule has 1 aliphatic carbocycles. The summed E-state index contributed by atoms with van der Waals surface area (Å²) in [5.74, 6) is 0. The van der Waals surface area contributed by atoms with E-state index in [4.69, 9.17) is 0 Å². The van der Waals surface area contributed by atoms with Gasteiger partial charge in [-0.1, -0.05) is 27.2 Å². The Morgan fingerprint density at radius 2 is 2.00 bits per heavy atom. The summed E-state index contributed by atoms with van der Waals surface area (Å²) in [7, 11) is 0. The first kappa shape index (κ1) is 10.7. The highest BCUT2D eigenvalue weighted by atomic mass is 16.3. The van der Waals surface area contributed by atoms with Crippen LogP contribution in [0.25, 0.3) is 0 Å². The molecule has 1 aliphatic rings. The zero-order valence-electron chi connectivity index (χ0n) is 8.84. The number of carbonyl (C=O) groups is 1. The third kappa shape index (κ3) is 2.31. The van der Waals surface area contributed by atoms with E-state index in [-0.39, 0.29) is 16.9 Å². The van der Waals surface area contributed by atoms with Crippen LogP contribution in [0.2, 0.25) is 0 Å². The predicted octanol–water partition coefficient (Wildman–Crippen LogP) is 2.15. The Balaban J connectivity index is 2.52. The van der Waals surface area contributed by atoms with Gasteiger partial charge in [-0.2, -0.15) is 0 Å². The van der Waals surface area contributed by atoms with Crippen molar-refractivity contribution in [2.75, 3.05) is 0 Å². The first-order valence-electron chi connectivity index (χ1n) is 5.04. The molecule has 0 saturated heterocycles. The van der Waals surface area contributed by atoms with E-state index >= 15 is 0 Å². The zero-order valence-corrected chi connectivity index (χ0v) is 8.84. The monoisotopic (exact) mass is 184 g/mol. The number of hydrogen-bond donors (Lipinski definition) is 1. The van der Waals surface area contributed by atoms with Gasteiger partial charge in [0.15, 0.2) is 0 Å². The highest BCUT2D eigenvalue weighted by Crippen LogP contribution is 2.44. The Morgan fingerprint density at radius 1 is 1.46 bits per heavy atom. The van der Waals surface area contributed by atoms with Crippen molar-refractivity contribution in [3.05, 3.63) is 0 Å². The molecule has 1 atom stereocenters. The molecule has 0 radical (unpaired) electrons. The number of aliphatic hydroxyl groups excluding tert-OH is 1. The lowest BCUT2D eigenvalue weighted by molar-refractivity contribution is -0.124. The topological polar surface area (TPSA) is 37.3 Å². The van der Waals surface area contributed by atoms with Crippen LogP contribution in [0.3, 0.4) is 0 Å². The Bertz CT molecular complexity index is 187. The second-order valence-electron chi connectivity index (χ2n) is 5.42. The molecule has 1 fully saturated rings. The van der Waals surface area contributed by atoms with E-state index in [1.807, 2.05) is 20.8 Å². The molecule has 2 heteroatoms. The molecule has 0 aromatic heterocycles. The molecule has 0 spiro atoms. The minimum absolute atomic E-state index is 0.106. The van der Waals surface area contributed by atoms with Crippen LogP contribution in [0.4, 0.5) is 0 Å². The summed E-state index contributed by atoms with van der Waals surface area (Å²) in [4.78, 5) is 10.9. The molecule has 0 aliphatic heterocycles. The van der Waals surface area contributed by atoms with Crippen LogP contribution in [0.1, 0.15) is 46.5 Å². The first-order chi connectivity index (χ1) is 5.90. The van der Waals surface area contributed by atoms with Crippen LogP contribution in [0.15, 0.2) is 0 Å². The van der Waals surface area contributed by atoms with E-state index in [1.165, 1.54) is 0 Å². The summed E-state index contributed by atoms with van der Waals surface area (Å²) in [6.07, 6.45) is 4.38. The Kier molecular flexibility index (Phi) is 2.81. The molecule has 1 rings (SSSR count). The summed E-state index contributed by atoms with van der Waals surface area (Å²) in [5, 5.41) is 9.86. The lowest BCUT2D eigenvalue weighted by Gasteiger charge is -2.41. The summed E-state index contributed by atoms with van der Waals surface area (Å²) >= 11 is 0. The van der Waals surface area contributed by atoms with Gasteiger partial charge in [0.1, 0.15) is 6.29 Å². The molecule has 2 nitrogen and oxygen atoms in total. The largest absolute Gasteiger partial charge is 0.393 e. The minimum atomic E-state index is -0.363. The Labute approximate surface area is 80.3 Å². The SMILES string of the molecule is CC(C)(C)C(O)CC1(C=O)CCC1. The quantitative estimate of drug-likeness (QED) is 0.682. The van der Waals surface area contributed by atoms with Crippen molar-refractivity contribution in [1.82, 2.24) is 0 Å². The molecule has 0 bridgehead atoms. The highest BCUT2D eigenvalue weighted by molar-refractivity contribution is 5.60. The van der Waals surface area contributed by atoms with Gasteiger partial charge in [0.05, 0.1) is 6.10 Å². The van der Waals surface area contributed by atoms with Gasteiger partial charge in [0, 0.05) is 5.41 Å². The van der Waals surface area contributed by atoms with Crippen LogP contribution in [-0.2, 0) is 4.79 Å². The van der Waals surface area contributed by atoms with Gasteiger partial charge in [-0.3, -0.25) is 0 Å². The maximum absolute atomic E-state index is 10.9. The molecule has 1 N–H and O–H groups in total. The lowest BCUT2D eigenvalue weighted by Crippen LogP contribution is -2.39.